The van der Waals surface area contributed by atoms with Crippen molar-refractivity contribution in [2.24, 2.45) is 0 Å². The standard InChI is InChI=1S/C20H41N3O2/c1-4-5-6-7-8-9-10-11-12-13-16-21-19(24)14-15-20(25)22-17-18-23(2)3/h4-18H2,1-3H3,(H,21,24)(H,22,25). The molecule has 0 heterocycles. The molecule has 0 aliphatic carbocycles. The lowest BCUT2D eigenvalue weighted by Gasteiger charge is -2.10. The maximum absolute atomic E-state index is 11.7. The molecule has 0 aliphatic heterocycles. The van der Waals surface area contributed by atoms with Gasteiger partial charge < -0.3 is 15.5 Å². The van der Waals surface area contributed by atoms with E-state index in [0.29, 0.717) is 6.54 Å². The summed E-state index contributed by atoms with van der Waals surface area (Å²) >= 11 is 0. The Bertz CT molecular complexity index is 333. The van der Waals surface area contributed by atoms with Gasteiger partial charge in [0.1, 0.15) is 0 Å². The molecule has 0 aromatic carbocycles. The van der Waals surface area contributed by atoms with Gasteiger partial charge >= 0.3 is 0 Å². The molecule has 5 nitrogen and oxygen atoms in total. The van der Waals surface area contributed by atoms with Gasteiger partial charge in [-0.05, 0) is 20.5 Å². The Morgan fingerprint density at radius 2 is 1.12 bits per heavy atom. The summed E-state index contributed by atoms with van der Waals surface area (Å²) in [4.78, 5) is 25.3. The van der Waals surface area contributed by atoms with E-state index in [2.05, 4.69) is 17.6 Å². The van der Waals surface area contributed by atoms with Crippen molar-refractivity contribution < 1.29 is 9.59 Å². The van der Waals surface area contributed by atoms with E-state index in [9.17, 15) is 9.59 Å². The van der Waals surface area contributed by atoms with Crippen LogP contribution in [0.3, 0.4) is 0 Å². The second-order valence-corrected chi connectivity index (χ2v) is 7.19. The number of rotatable bonds is 17. The van der Waals surface area contributed by atoms with Crippen molar-refractivity contribution in [2.75, 3.05) is 33.7 Å². The average Bonchev–Trinajstić information content (AvgIpc) is 2.57. The molecular weight excluding hydrogens is 314 g/mol. The molecular formula is C20H41N3O2. The Balaban J connectivity index is 3.31. The summed E-state index contributed by atoms with van der Waals surface area (Å²) in [5.74, 6) is -0.0605. The maximum Gasteiger partial charge on any atom is 0.220 e. The van der Waals surface area contributed by atoms with Crippen molar-refractivity contribution in [2.45, 2.75) is 84.0 Å². The molecule has 0 bridgehead atoms. The van der Waals surface area contributed by atoms with Gasteiger partial charge in [0.2, 0.25) is 11.8 Å². The molecule has 0 saturated heterocycles. The van der Waals surface area contributed by atoms with Crippen LogP contribution in [0.15, 0.2) is 0 Å². The third-order valence-corrected chi connectivity index (χ3v) is 4.31. The van der Waals surface area contributed by atoms with Gasteiger partial charge in [0.05, 0.1) is 0 Å². The summed E-state index contributed by atoms with van der Waals surface area (Å²) in [6.07, 6.45) is 13.5. The fourth-order valence-corrected chi connectivity index (χ4v) is 2.66. The molecule has 0 rings (SSSR count). The summed E-state index contributed by atoms with van der Waals surface area (Å²) in [7, 11) is 3.93. The Kier molecular flexibility index (Phi) is 16.9. The van der Waals surface area contributed by atoms with E-state index in [-0.39, 0.29) is 24.7 Å². The number of carbonyl (C=O) groups is 2. The molecule has 0 aromatic heterocycles. The monoisotopic (exact) mass is 355 g/mol. The van der Waals surface area contributed by atoms with E-state index >= 15 is 0 Å². The second-order valence-electron chi connectivity index (χ2n) is 7.19. The van der Waals surface area contributed by atoms with Crippen LogP contribution in [0, 0.1) is 0 Å². The molecule has 5 heteroatoms. The molecule has 0 aliphatic rings. The number of nitrogens with one attached hydrogen (secondary N) is 2. The summed E-state index contributed by atoms with van der Waals surface area (Å²) in [6, 6.07) is 0. The summed E-state index contributed by atoms with van der Waals surface area (Å²) in [6.45, 7) is 4.43. The first-order valence-corrected chi connectivity index (χ1v) is 10.2. The molecule has 0 aromatic rings. The zero-order chi connectivity index (χ0) is 18.8. The minimum absolute atomic E-state index is 0.0151. The van der Waals surface area contributed by atoms with Gasteiger partial charge in [0.15, 0.2) is 0 Å². The molecule has 0 fully saturated rings. The molecule has 148 valence electrons. The summed E-state index contributed by atoms with van der Waals surface area (Å²) in [5, 5.41) is 5.73. The Morgan fingerprint density at radius 1 is 0.680 bits per heavy atom. The SMILES string of the molecule is CCCCCCCCCCCCNC(=O)CCC(=O)NCCN(C)C. The maximum atomic E-state index is 11.7. The van der Waals surface area contributed by atoms with Crippen LogP contribution in [0.4, 0.5) is 0 Å². The number of likely N-dealkylation sites (N-methyl/N-ethyl adjacent to an activating group) is 1. The highest BCUT2D eigenvalue weighted by Crippen LogP contribution is 2.10. The van der Waals surface area contributed by atoms with Crippen molar-refractivity contribution in [3.63, 3.8) is 0 Å². The van der Waals surface area contributed by atoms with E-state index in [0.717, 1.165) is 19.5 Å². The number of amides is 2. The minimum atomic E-state index is -0.0454. The Hall–Kier alpha value is -1.10. The van der Waals surface area contributed by atoms with Gasteiger partial charge in [0.25, 0.3) is 0 Å². The number of hydrogen-bond donors (Lipinski definition) is 2. The van der Waals surface area contributed by atoms with E-state index in [1.807, 2.05) is 19.0 Å². The van der Waals surface area contributed by atoms with E-state index in [4.69, 9.17) is 0 Å². The van der Waals surface area contributed by atoms with Gasteiger partial charge in [-0.2, -0.15) is 0 Å². The van der Waals surface area contributed by atoms with Crippen LogP contribution in [0.2, 0.25) is 0 Å². The highest BCUT2D eigenvalue weighted by atomic mass is 16.2. The molecule has 0 unspecified atom stereocenters. The van der Waals surface area contributed by atoms with Crippen LogP contribution < -0.4 is 10.6 Å². The third kappa shape index (κ3) is 19.1. The van der Waals surface area contributed by atoms with Gasteiger partial charge in [0, 0.05) is 32.5 Å². The summed E-state index contributed by atoms with van der Waals surface area (Å²) in [5.41, 5.74) is 0. The molecule has 25 heavy (non-hydrogen) atoms. The first-order valence-electron chi connectivity index (χ1n) is 10.2. The molecule has 2 amide bonds. The lowest BCUT2D eigenvalue weighted by atomic mass is 10.1. The van der Waals surface area contributed by atoms with Gasteiger partial charge in [-0.15, -0.1) is 0 Å². The van der Waals surface area contributed by atoms with E-state index < -0.39 is 0 Å². The van der Waals surface area contributed by atoms with Crippen LogP contribution in [-0.4, -0.2) is 50.4 Å². The molecule has 2 N–H and O–H groups in total. The lowest BCUT2D eigenvalue weighted by Crippen LogP contribution is -2.32. The molecule has 0 radical (unpaired) electrons. The predicted octanol–water partition coefficient (Wildman–Crippen LogP) is 3.48. The van der Waals surface area contributed by atoms with Crippen LogP contribution >= 0.6 is 0 Å². The first kappa shape index (κ1) is 23.9. The summed E-state index contributed by atoms with van der Waals surface area (Å²) < 4.78 is 0. The average molecular weight is 356 g/mol. The number of nitrogens with zero attached hydrogens (tertiary/aromatic N) is 1. The molecule has 0 atom stereocenters. The molecule has 0 spiro atoms. The van der Waals surface area contributed by atoms with Gasteiger partial charge in [-0.1, -0.05) is 64.7 Å². The smallest absolute Gasteiger partial charge is 0.220 e. The van der Waals surface area contributed by atoms with Crippen LogP contribution in [0.25, 0.3) is 0 Å². The Labute approximate surface area is 155 Å². The highest BCUT2D eigenvalue weighted by Gasteiger charge is 2.06. The zero-order valence-corrected chi connectivity index (χ0v) is 16.9. The van der Waals surface area contributed by atoms with Crippen LogP contribution in [0.1, 0.15) is 84.0 Å². The van der Waals surface area contributed by atoms with Gasteiger partial charge in [-0.3, -0.25) is 9.59 Å². The fraction of sp³-hybridized carbons (Fsp3) is 0.900. The van der Waals surface area contributed by atoms with Crippen molar-refractivity contribution in [1.29, 1.82) is 0 Å². The minimum Gasteiger partial charge on any atom is -0.356 e. The van der Waals surface area contributed by atoms with Crippen molar-refractivity contribution in [3.05, 3.63) is 0 Å². The Morgan fingerprint density at radius 3 is 1.60 bits per heavy atom. The number of hydrogen-bond acceptors (Lipinski definition) is 3. The second kappa shape index (κ2) is 17.7. The largest absolute Gasteiger partial charge is 0.356 e. The zero-order valence-electron chi connectivity index (χ0n) is 16.9. The number of carbonyl (C=O) groups excluding carboxylic acids is 2. The van der Waals surface area contributed by atoms with Crippen LogP contribution in [0.5, 0.6) is 0 Å². The predicted molar refractivity (Wildman–Crippen MR) is 106 cm³/mol. The van der Waals surface area contributed by atoms with Crippen molar-refractivity contribution >= 4 is 11.8 Å². The van der Waals surface area contributed by atoms with Gasteiger partial charge in [-0.25, -0.2) is 0 Å². The van der Waals surface area contributed by atoms with Crippen molar-refractivity contribution in [1.82, 2.24) is 15.5 Å². The fourth-order valence-electron chi connectivity index (χ4n) is 2.66. The third-order valence-electron chi connectivity index (χ3n) is 4.31. The normalized spacial score (nSPS) is 10.9. The van der Waals surface area contributed by atoms with Crippen molar-refractivity contribution in [3.8, 4) is 0 Å². The highest BCUT2D eigenvalue weighted by molar-refractivity contribution is 5.83. The van der Waals surface area contributed by atoms with E-state index in [1.165, 1.54) is 57.8 Å². The molecule has 0 saturated carbocycles. The van der Waals surface area contributed by atoms with Crippen LogP contribution in [-0.2, 0) is 9.59 Å². The number of unbranched alkanes of at least 4 members (excludes halogenated alkanes) is 9. The first-order chi connectivity index (χ1) is 12.1. The quantitative estimate of drug-likeness (QED) is 0.393. The van der Waals surface area contributed by atoms with E-state index in [1.54, 1.807) is 0 Å². The topological polar surface area (TPSA) is 61.4 Å². The lowest BCUT2D eigenvalue weighted by molar-refractivity contribution is -0.126.